The molecular weight excluding hydrogens is 474 g/mol. The molecule has 1 atom stereocenters. The number of carbonyl (C=O) groups excluding carboxylic acids is 2. The molecule has 2 heterocycles. The predicted octanol–water partition coefficient (Wildman–Crippen LogP) is 5.99. The van der Waals surface area contributed by atoms with Gasteiger partial charge in [0, 0.05) is 43.0 Å². The van der Waals surface area contributed by atoms with E-state index in [1.165, 1.54) is 0 Å². The van der Waals surface area contributed by atoms with E-state index in [0.717, 1.165) is 29.8 Å². The summed E-state index contributed by atoms with van der Waals surface area (Å²) in [5, 5.41) is 9.35. The predicted molar refractivity (Wildman–Crippen MR) is 156 cm³/mol. The van der Waals surface area contributed by atoms with Crippen LogP contribution in [0.2, 0.25) is 0 Å². The van der Waals surface area contributed by atoms with E-state index in [0.29, 0.717) is 41.6 Å². The number of carbonyl (C=O) groups is 2. The molecule has 1 unspecified atom stereocenters. The van der Waals surface area contributed by atoms with E-state index in [2.05, 4.69) is 48.5 Å². The van der Waals surface area contributed by atoms with Gasteiger partial charge in [0.25, 0.3) is 11.8 Å². The number of allylic oxidation sites excluding steroid dienone is 2. The molecule has 0 radical (unpaired) electrons. The highest BCUT2D eigenvalue weighted by molar-refractivity contribution is 6.25. The lowest BCUT2D eigenvalue weighted by Gasteiger charge is -2.39. The number of aliphatic hydroxyl groups excluding tert-OH is 1. The van der Waals surface area contributed by atoms with Crippen LogP contribution < -0.4 is 4.90 Å². The van der Waals surface area contributed by atoms with Crippen LogP contribution in [0.1, 0.15) is 80.2 Å². The maximum absolute atomic E-state index is 14.4. The number of aliphatic hydroxyl groups is 1. The Labute approximate surface area is 229 Å². The normalized spacial score (nSPS) is 17.3. The first-order chi connectivity index (χ1) is 17.8. The van der Waals surface area contributed by atoms with Gasteiger partial charge in [0.2, 0.25) is 0 Å². The van der Waals surface area contributed by atoms with Gasteiger partial charge in [-0.05, 0) is 70.1 Å². The largest absolute Gasteiger partial charge is 0.395 e. The summed E-state index contributed by atoms with van der Waals surface area (Å²) in [6.45, 7) is 17.5. The van der Waals surface area contributed by atoms with Crippen molar-refractivity contribution >= 4 is 23.2 Å². The van der Waals surface area contributed by atoms with E-state index in [1.807, 2.05) is 65.1 Å². The molecule has 0 aromatic heterocycles. The molecular formula is C32H47N3O3. The minimum absolute atomic E-state index is 0.00552. The summed E-state index contributed by atoms with van der Waals surface area (Å²) in [7, 11) is 1.94. The van der Waals surface area contributed by atoms with Crippen molar-refractivity contribution in [2.24, 2.45) is 11.8 Å². The SMILES string of the molecule is C/C=C\CC1=C2C(=O)N(C(C)(C)CC(C)C)C(c3ccc(N(C)CCO)cc3)=C2C(=O)N1C(C)CC(C)C. The highest BCUT2D eigenvalue weighted by atomic mass is 16.3. The summed E-state index contributed by atoms with van der Waals surface area (Å²) in [5.41, 5.74) is 4.00. The molecule has 2 aliphatic heterocycles. The summed E-state index contributed by atoms with van der Waals surface area (Å²) < 4.78 is 0. The third kappa shape index (κ3) is 5.75. The van der Waals surface area contributed by atoms with Gasteiger partial charge >= 0.3 is 0 Å². The second kappa shape index (κ2) is 11.9. The van der Waals surface area contributed by atoms with Gasteiger partial charge in [-0.3, -0.25) is 9.59 Å². The Balaban J connectivity index is 2.26. The van der Waals surface area contributed by atoms with Crippen LogP contribution in [-0.2, 0) is 9.59 Å². The zero-order valence-corrected chi connectivity index (χ0v) is 24.8. The van der Waals surface area contributed by atoms with Crippen LogP contribution >= 0.6 is 0 Å². The molecule has 0 bridgehead atoms. The van der Waals surface area contributed by atoms with E-state index in [4.69, 9.17) is 0 Å². The van der Waals surface area contributed by atoms with Gasteiger partial charge in [-0.2, -0.15) is 0 Å². The molecule has 1 aromatic rings. The van der Waals surface area contributed by atoms with Crippen molar-refractivity contribution in [1.29, 1.82) is 0 Å². The first-order valence-electron chi connectivity index (χ1n) is 14.0. The van der Waals surface area contributed by atoms with E-state index < -0.39 is 5.54 Å². The highest BCUT2D eigenvalue weighted by Gasteiger charge is 2.52. The van der Waals surface area contributed by atoms with Crippen molar-refractivity contribution in [2.45, 2.75) is 86.2 Å². The Kier molecular flexibility index (Phi) is 9.30. The molecule has 0 saturated carbocycles. The molecule has 2 aliphatic rings. The number of anilines is 1. The maximum Gasteiger partial charge on any atom is 0.261 e. The lowest BCUT2D eigenvalue weighted by atomic mass is 9.90. The topological polar surface area (TPSA) is 64.1 Å². The molecule has 38 heavy (non-hydrogen) atoms. The second-order valence-electron chi connectivity index (χ2n) is 12.2. The quantitative estimate of drug-likeness (QED) is 0.343. The van der Waals surface area contributed by atoms with Gasteiger partial charge in [0.05, 0.1) is 23.5 Å². The second-order valence-corrected chi connectivity index (χ2v) is 12.2. The van der Waals surface area contributed by atoms with Crippen molar-refractivity contribution in [1.82, 2.24) is 9.80 Å². The standard InChI is InChI=1S/C32H47N3O3/c1-10-11-12-26-27-28(30(37)34(26)23(6)19-21(2)3)29(35(31(27)38)32(7,8)20-22(4)5)24-13-15-25(16-14-24)33(9)17-18-36/h10-11,13-16,21-23,36H,12,17-20H2,1-9H3/b11-10-. The first-order valence-corrected chi connectivity index (χ1v) is 14.0. The maximum atomic E-state index is 14.4. The third-order valence-corrected chi connectivity index (χ3v) is 7.47. The first kappa shape index (κ1) is 29.7. The fraction of sp³-hybridized carbons (Fsp3) is 0.562. The monoisotopic (exact) mass is 521 g/mol. The fourth-order valence-electron chi connectivity index (χ4n) is 6.17. The minimum Gasteiger partial charge on any atom is -0.395 e. The van der Waals surface area contributed by atoms with Gasteiger partial charge in [0.15, 0.2) is 0 Å². The number of nitrogens with zero attached hydrogens (tertiary/aromatic N) is 3. The Morgan fingerprint density at radius 2 is 1.61 bits per heavy atom. The zero-order valence-electron chi connectivity index (χ0n) is 24.8. The summed E-state index contributed by atoms with van der Waals surface area (Å²) >= 11 is 0. The Morgan fingerprint density at radius 1 is 0.974 bits per heavy atom. The van der Waals surface area contributed by atoms with Crippen molar-refractivity contribution in [2.75, 3.05) is 25.1 Å². The molecule has 208 valence electrons. The summed E-state index contributed by atoms with van der Waals surface area (Å²) in [6, 6.07) is 7.99. The van der Waals surface area contributed by atoms with Gasteiger partial charge < -0.3 is 19.8 Å². The van der Waals surface area contributed by atoms with Crippen LogP contribution in [0.3, 0.4) is 0 Å². The van der Waals surface area contributed by atoms with Crippen molar-refractivity contribution in [3.05, 3.63) is 58.8 Å². The number of rotatable bonds is 12. The number of fused-ring (bicyclic) bond motifs is 1. The van der Waals surface area contributed by atoms with Crippen LogP contribution in [0.5, 0.6) is 0 Å². The van der Waals surface area contributed by atoms with E-state index in [-0.39, 0.29) is 24.5 Å². The molecule has 0 spiro atoms. The van der Waals surface area contributed by atoms with Crippen LogP contribution in [0.15, 0.2) is 53.3 Å². The van der Waals surface area contributed by atoms with Gasteiger partial charge in [-0.1, -0.05) is 52.0 Å². The number of likely N-dealkylation sites (N-methyl/N-ethyl adjacent to an activating group) is 1. The highest BCUT2D eigenvalue weighted by Crippen LogP contribution is 2.49. The molecule has 0 aliphatic carbocycles. The van der Waals surface area contributed by atoms with Gasteiger partial charge in [0.1, 0.15) is 0 Å². The summed E-state index contributed by atoms with van der Waals surface area (Å²) in [5.74, 6) is 0.670. The number of amides is 2. The molecule has 3 rings (SSSR count). The number of benzene rings is 1. The zero-order chi connectivity index (χ0) is 28.4. The minimum atomic E-state index is -0.475. The molecule has 0 fully saturated rings. The van der Waals surface area contributed by atoms with Crippen LogP contribution in [0.4, 0.5) is 5.69 Å². The molecule has 1 aromatic carbocycles. The number of hydrogen-bond donors (Lipinski definition) is 1. The molecule has 6 nitrogen and oxygen atoms in total. The van der Waals surface area contributed by atoms with Crippen LogP contribution in [0, 0.1) is 11.8 Å². The molecule has 6 heteroatoms. The fourth-order valence-corrected chi connectivity index (χ4v) is 6.17. The lowest BCUT2D eigenvalue weighted by Crippen LogP contribution is -2.46. The summed E-state index contributed by atoms with van der Waals surface area (Å²) in [4.78, 5) is 34.4. The Hall–Kier alpha value is -2.86. The van der Waals surface area contributed by atoms with Crippen LogP contribution in [0.25, 0.3) is 5.70 Å². The Morgan fingerprint density at radius 3 is 2.13 bits per heavy atom. The molecule has 1 N–H and O–H groups in total. The van der Waals surface area contributed by atoms with Crippen molar-refractivity contribution in [3.8, 4) is 0 Å². The molecule has 2 amide bonds. The van der Waals surface area contributed by atoms with Gasteiger partial charge in [-0.25, -0.2) is 0 Å². The van der Waals surface area contributed by atoms with E-state index in [9.17, 15) is 14.7 Å². The van der Waals surface area contributed by atoms with Crippen molar-refractivity contribution in [3.63, 3.8) is 0 Å². The lowest BCUT2D eigenvalue weighted by molar-refractivity contribution is -0.127. The number of hydrogen-bond acceptors (Lipinski definition) is 4. The van der Waals surface area contributed by atoms with E-state index in [1.54, 1.807) is 0 Å². The smallest absolute Gasteiger partial charge is 0.261 e. The average molecular weight is 522 g/mol. The van der Waals surface area contributed by atoms with Crippen molar-refractivity contribution < 1.29 is 14.7 Å². The Bertz CT molecular complexity index is 1130. The van der Waals surface area contributed by atoms with Crippen LogP contribution in [-0.4, -0.2) is 58.5 Å². The van der Waals surface area contributed by atoms with E-state index >= 15 is 0 Å². The van der Waals surface area contributed by atoms with Gasteiger partial charge in [-0.15, -0.1) is 0 Å². The molecule has 0 saturated heterocycles. The average Bonchev–Trinajstić information content (AvgIpc) is 3.29. The third-order valence-electron chi connectivity index (χ3n) is 7.47. The summed E-state index contributed by atoms with van der Waals surface area (Å²) in [6.07, 6.45) is 6.24.